The second kappa shape index (κ2) is 7.84. The Hall–Kier alpha value is -1.02. The van der Waals surface area contributed by atoms with Crippen molar-refractivity contribution < 1.29 is 0 Å². The number of benzene rings is 1. The van der Waals surface area contributed by atoms with Crippen molar-refractivity contribution in [1.82, 2.24) is 4.90 Å². The van der Waals surface area contributed by atoms with Gasteiger partial charge in [0.2, 0.25) is 0 Å². The first-order chi connectivity index (χ1) is 10.2. The quantitative estimate of drug-likeness (QED) is 0.744. The maximum absolute atomic E-state index is 3.55. The number of hydrogen-bond acceptors (Lipinski definition) is 2. The maximum atomic E-state index is 3.55. The van der Waals surface area contributed by atoms with Gasteiger partial charge in [0.05, 0.1) is 0 Å². The molecule has 1 aromatic rings. The Balaban J connectivity index is 1.96. The first-order valence-electron chi connectivity index (χ1n) is 8.72. The molecule has 2 rings (SSSR count). The molecule has 0 radical (unpaired) electrons. The van der Waals surface area contributed by atoms with Gasteiger partial charge in [-0.15, -0.1) is 0 Å². The van der Waals surface area contributed by atoms with Crippen LogP contribution in [0.15, 0.2) is 24.3 Å². The molecule has 0 saturated heterocycles. The summed E-state index contributed by atoms with van der Waals surface area (Å²) in [5, 5.41) is 3.55. The molecule has 0 spiro atoms. The fourth-order valence-electron chi connectivity index (χ4n) is 3.63. The topological polar surface area (TPSA) is 15.3 Å². The molecule has 21 heavy (non-hydrogen) atoms. The molecule has 1 unspecified atom stereocenters. The van der Waals surface area contributed by atoms with E-state index in [1.165, 1.54) is 43.6 Å². The minimum atomic E-state index is 0.685. The van der Waals surface area contributed by atoms with E-state index in [1.807, 2.05) is 0 Å². The molecule has 1 aliphatic heterocycles. The van der Waals surface area contributed by atoms with E-state index in [0.29, 0.717) is 5.92 Å². The molecule has 2 heteroatoms. The van der Waals surface area contributed by atoms with Gasteiger partial charge in [-0.05, 0) is 43.4 Å². The summed E-state index contributed by atoms with van der Waals surface area (Å²) in [4.78, 5) is 2.73. The lowest BCUT2D eigenvalue weighted by Gasteiger charge is -2.32. The Labute approximate surface area is 130 Å². The first kappa shape index (κ1) is 16.4. The van der Waals surface area contributed by atoms with Crippen molar-refractivity contribution >= 4 is 5.69 Å². The molecular formula is C19H32N2. The monoisotopic (exact) mass is 288 g/mol. The van der Waals surface area contributed by atoms with Crippen LogP contribution in [-0.2, 0) is 0 Å². The number of nitrogens with one attached hydrogen (secondary N) is 1. The van der Waals surface area contributed by atoms with Crippen molar-refractivity contribution in [2.45, 2.75) is 58.9 Å². The van der Waals surface area contributed by atoms with Gasteiger partial charge in [-0.25, -0.2) is 0 Å². The Kier molecular flexibility index (Phi) is 6.10. The Morgan fingerprint density at radius 1 is 1.19 bits per heavy atom. The molecule has 1 heterocycles. The molecule has 0 fully saturated rings. The Bertz CT molecular complexity index is 423. The highest BCUT2D eigenvalue weighted by Crippen LogP contribution is 2.33. The van der Waals surface area contributed by atoms with Crippen molar-refractivity contribution in [1.29, 1.82) is 0 Å². The second-order valence-corrected chi connectivity index (χ2v) is 6.81. The lowest BCUT2D eigenvalue weighted by Crippen LogP contribution is -2.38. The highest BCUT2D eigenvalue weighted by Gasteiger charge is 2.23. The fourth-order valence-corrected chi connectivity index (χ4v) is 3.63. The van der Waals surface area contributed by atoms with Crippen LogP contribution in [0.25, 0.3) is 0 Å². The number of anilines is 1. The second-order valence-electron chi connectivity index (χ2n) is 6.81. The van der Waals surface area contributed by atoms with E-state index in [1.54, 1.807) is 0 Å². The van der Waals surface area contributed by atoms with Crippen LogP contribution in [0, 0.1) is 5.92 Å². The summed E-state index contributed by atoms with van der Waals surface area (Å²) in [6, 6.07) is 9.55. The third-order valence-electron chi connectivity index (χ3n) is 4.76. The van der Waals surface area contributed by atoms with E-state index in [4.69, 9.17) is 0 Å². The van der Waals surface area contributed by atoms with Crippen molar-refractivity contribution in [3.05, 3.63) is 29.8 Å². The largest absolute Gasteiger partial charge is 0.384 e. The van der Waals surface area contributed by atoms with Gasteiger partial charge >= 0.3 is 0 Å². The van der Waals surface area contributed by atoms with Gasteiger partial charge in [0.25, 0.3) is 0 Å². The van der Waals surface area contributed by atoms with E-state index in [2.05, 4.69) is 62.2 Å². The van der Waals surface area contributed by atoms with E-state index >= 15 is 0 Å². The van der Waals surface area contributed by atoms with Crippen LogP contribution in [0.3, 0.4) is 0 Å². The number of hydrogen-bond donors (Lipinski definition) is 1. The van der Waals surface area contributed by atoms with Crippen molar-refractivity contribution in [3.63, 3.8) is 0 Å². The summed E-state index contributed by atoms with van der Waals surface area (Å²) in [5.74, 6) is 1.44. The molecule has 0 amide bonds. The van der Waals surface area contributed by atoms with Crippen molar-refractivity contribution in [2.75, 3.05) is 25.0 Å². The van der Waals surface area contributed by atoms with Gasteiger partial charge in [0.15, 0.2) is 0 Å². The van der Waals surface area contributed by atoms with Crippen LogP contribution < -0.4 is 5.32 Å². The maximum Gasteiger partial charge on any atom is 0.0376 e. The van der Waals surface area contributed by atoms with Crippen LogP contribution in [-0.4, -0.2) is 30.6 Å². The van der Waals surface area contributed by atoms with Gasteiger partial charge in [0.1, 0.15) is 0 Å². The fraction of sp³-hybridized carbons (Fsp3) is 0.684. The zero-order valence-corrected chi connectivity index (χ0v) is 14.2. The standard InChI is InChI=1S/C19H32N2/c1-5-17(6-2)21(14-15(3)4)12-11-16-13-20-19-10-8-7-9-18(16)19/h7-10,15-17,20H,5-6,11-14H2,1-4H3. The molecule has 1 N–H and O–H groups in total. The smallest absolute Gasteiger partial charge is 0.0376 e. The molecule has 0 saturated carbocycles. The van der Waals surface area contributed by atoms with Gasteiger partial charge in [-0.2, -0.15) is 0 Å². The average Bonchev–Trinajstić information content (AvgIpc) is 2.88. The van der Waals surface area contributed by atoms with Crippen LogP contribution in [0.5, 0.6) is 0 Å². The Morgan fingerprint density at radius 3 is 2.57 bits per heavy atom. The third-order valence-corrected chi connectivity index (χ3v) is 4.76. The van der Waals surface area contributed by atoms with Crippen molar-refractivity contribution in [2.24, 2.45) is 5.92 Å². The van der Waals surface area contributed by atoms with Crippen molar-refractivity contribution in [3.8, 4) is 0 Å². The number of rotatable bonds is 8. The zero-order chi connectivity index (χ0) is 15.2. The van der Waals surface area contributed by atoms with E-state index in [-0.39, 0.29) is 0 Å². The summed E-state index contributed by atoms with van der Waals surface area (Å²) in [6.45, 7) is 12.9. The lowest BCUT2D eigenvalue weighted by atomic mass is 9.96. The number of para-hydroxylation sites is 1. The first-order valence-corrected chi connectivity index (χ1v) is 8.72. The minimum Gasteiger partial charge on any atom is -0.384 e. The molecule has 1 aliphatic rings. The third kappa shape index (κ3) is 4.23. The summed E-state index contributed by atoms with van der Waals surface area (Å²) in [5.41, 5.74) is 2.87. The lowest BCUT2D eigenvalue weighted by molar-refractivity contribution is 0.161. The predicted molar refractivity (Wildman–Crippen MR) is 93.1 cm³/mol. The van der Waals surface area contributed by atoms with Gasteiger partial charge in [0, 0.05) is 30.7 Å². The minimum absolute atomic E-state index is 0.685. The molecule has 2 nitrogen and oxygen atoms in total. The number of fused-ring (bicyclic) bond motifs is 1. The SMILES string of the molecule is CCC(CC)N(CCC1CNc2ccccc21)CC(C)C. The molecule has 0 aliphatic carbocycles. The Morgan fingerprint density at radius 2 is 1.90 bits per heavy atom. The molecule has 1 atom stereocenters. The predicted octanol–water partition coefficient (Wildman–Crippen LogP) is 4.73. The molecule has 118 valence electrons. The highest BCUT2D eigenvalue weighted by molar-refractivity contribution is 5.57. The summed E-state index contributed by atoms with van der Waals surface area (Å²) < 4.78 is 0. The van der Waals surface area contributed by atoms with Gasteiger partial charge in [-0.3, -0.25) is 0 Å². The van der Waals surface area contributed by atoms with E-state index in [9.17, 15) is 0 Å². The molecule has 0 aromatic heterocycles. The van der Waals surface area contributed by atoms with E-state index in [0.717, 1.165) is 18.5 Å². The number of nitrogens with zero attached hydrogens (tertiary/aromatic N) is 1. The normalized spacial score (nSPS) is 17.6. The van der Waals surface area contributed by atoms with Crippen LogP contribution in [0.2, 0.25) is 0 Å². The van der Waals surface area contributed by atoms with Gasteiger partial charge < -0.3 is 10.2 Å². The molecule has 0 bridgehead atoms. The zero-order valence-electron chi connectivity index (χ0n) is 14.2. The highest BCUT2D eigenvalue weighted by atomic mass is 15.2. The summed E-state index contributed by atoms with van der Waals surface area (Å²) >= 11 is 0. The summed E-state index contributed by atoms with van der Waals surface area (Å²) in [6.07, 6.45) is 3.80. The summed E-state index contributed by atoms with van der Waals surface area (Å²) in [7, 11) is 0. The van der Waals surface area contributed by atoms with E-state index < -0.39 is 0 Å². The van der Waals surface area contributed by atoms with Crippen LogP contribution in [0.1, 0.15) is 58.4 Å². The molecule has 1 aromatic carbocycles. The van der Waals surface area contributed by atoms with Gasteiger partial charge in [-0.1, -0.05) is 45.9 Å². The average molecular weight is 288 g/mol. The van der Waals surface area contributed by atoms with Crippen LogP contribution in [0.4, 0.5) is 5.69 Å². The molecular weight excluding hydrogens is 256 g/mol. The van der Waals surface area contributed by atoms with Crippen LogP contribution >= 0.6 is 0 Å².